The molecule has 1 unspecified atom stereocenters. The Labute approximate surface area is 118 Å². The van der Waals surface area contributed by atoms with Gasteiger partial charge < -0.3 is 19.3 Å². The van der Waals surface area contributed by atoms with Crippen LogP contribution < -0.4 is 0 Å². The van der Waals surface area contributed by atoms with Crippen molar-refractivity contribution >= 4 is 11.9 Å². The predicted molar refractivity (Wildman–Crippen MR) is 71.2 cm³/mol. The van der Waals surface area contributed by atoms with E-state index in [0.29, 0.717) is 18.8 Å². The summed E-state index contributed by atoms with van der Waals surface area (Å²) in [7, 11) is 0. The van der Waals surface area contributed by atoms with Crippen LogP contribution in [0.15, 0.2) is 24.3 Å². The highest BCUT2D eigenvalue weighted by Crippen LogP contribution is 2.28. The maximum Gasteiger partial charge on any atom is 0.333 e. The molecule has 2 aliphatic heterocycles. The van der Waals surface area contributed by atoms with Crippen LogP contribution in [-0.4, -0.2) is 48.6 Å². The molecule has 0 aliphatic carbocycles. The van der Waals surface area contributed by atoms with Crippen LogP contribution in [0.25, 0.3) is 0 Å². The summed E-state index contributed by atoms with van der Waals surface area (Å²) in [6, 6.07) is 0. The zero-order chi connectivity index (χ0) is 15.3. The van der Waals surface area contributed by atoms with Gasteiger partial charge in [0, 0.05) is 17.8 Å². The normalized spacial score (nSPS) is 27.0. The molecule has 6 heteroatoms. The highest BCUT2D eigenvalue weighted by Gasteiger charge is 2.43. The molecular weight excluding hydrogens is 264 g/mol. The molecule has 2 aliphatic rings. The Kier molecular flexibility index (Phi) is 5.91. The van der Waals surface area contributed by atoms with Crippen LogP contribution >= 0.6 is 0 Å². The Balaban J connectivity index is 0.000000286. The summed E-state index contributed by atoms with van der Waals surface area (Å²) in [5.74, 6) is -1.30. The van der Waals surface area contributed by atoms with E-state index >= 15 is 0 Å². The Morgan fingerprint density at radius 3 is 2.30 bits per heavy atom. The molecule has 112 valence electrons. The van der Waals surface area contributed by atoms with Gasteiger partial charge >= 0.3 is 11.9 Å². The Bertz CT molecular complexity index is 402. The van der Waals surface area contributed by atoms with Crippen molar-refractivity contribution in [3.8, 4) is 0 Å². The summed E-state index contributed by atoms with van der Waals surface area (Å²) in [6.45, 7) is 10.9. The number of esters is 1. The van der Waals surface area contributed by atoms with Crippen molar-refractivity contribution in [2.45, 2.75) is 38.6 Å². The van der Waals surface area contributed by atoms with Gasteiger partial charge in [-0.2, -0.15) is 0 Å². The van der Waals surface area contributed by atoms with E-state index in [4.69, 9.17) is 19.3 Å². The lowest BCUT2D eigenvalue weighted by atomic mass is 10.1. The van der Waals surface area contributed by atoms with Crippen molar-refractivity contribution in [1.29, 1.82) is 0 Å². The molecule has 20 heavy (non-hydrogen) atoms. The second kappa shape index (κ2) is 7.21. The molecular formula is C14H20O6. The van der Waals surface area contributed by atoms with Crippen LogP contribution in [0.3, 0.4) is 0 Å². The molecule has 0 aromatic heterocycles. The van der Waals surface area contributed by atoms with Crippen molar-refractivity contribution in [3.05, 3.63) is 24.3 Å². The molecule has 6 nitrogen and oxygen atoms in total. The molecule has 0 aromatic carbocycles. The number of hydrogen-bond donors (Lipinski definition) is 1. The predicted octanol–water partition coefficient (Wildman–Crippen LogP) is 1.31. The van der Waals surface area contributed by atoms with Gasteiger partial charge in [0.25, 0.3) is 0 Å². The SMILES string of the molecule is C=C(C)C(=O)O.C=C(C)C(=O)OC1CO[C@@H]2CCO[C@H]12. The van der Waals surface area contributed by atoms with Crippen LogP contribution in [0.2, 0.25) is 0 Å². The van der Waals surface area contributed by atoms with Gasteiger partial charge in [-0.1, -0.05) is 13.2 Å². The number of aliphatic carboxylic acids is 1. The second-order valence-electron chi connectivity index (χ2n) is 4.81. The van der Waals surface area contributed by atoms with Gasteiger partial charge in [-0.05, 0) is 20.3 Å². The third-order valence-electron chi connectivity index (χ3n) is 2.89. The Morgan fingerprint density at radius 1 is 1.20 bits per heavy atom. The lowest BCUT2D eigenvalue weighted by Crippen LogP contribution is -2.32. The lowest BCUT2D eigenvalue weighted by Gasteiger charge is -2.16. The molecule has 2 saturated heterocycles. The van der Waals surface area contributed by atoms with Gasteiger partial charge in [-0.15, -0.1) is 0 Å². The minimum atomic E-state index is -0.935. The van der Waals surface area contributed by atoms with E-state index in [1.807, 2.05) is 0 Å². The van der Waals surface area contributed by atoms with Crippen molar-refractivity contribution in [2.24, 2.45) is 0 Å². The highest BCUT2D eigenvalue weighted by atomic mass is 16.6. The largest absolute Gasteiger partial charge is 0.478 e. The molecule has 0 aromatic rings. The maximum atomic E-state index is 11.3. The molecule has 1 N–H and O–H groups in total. The number of carboxylic acids is 1. The average Bonchev–Trinajstić information content (AvgIpc) is 2.94. The van der Waals surface area contributed by atoms with Gasteiger partial charge in [0.2, 0.25) is 0 Å². The highest BCUT2D eigenvalue weighted by molar-refractivity contribution is 5.87. The third-order valence-corrected chi connectivity index (χ3v) is 2.89. The van der Waals surface area contributed by atoms with E-state index < -0.39 is 5.97 Å². The van der Waals surface area contributed by atoms with Gasteiger partial charge in [0.1, 0.15) is 6.10 Å². The fraction of sp³-hybridized carbons (Fsp3) is 0.571. The summed E-state index contributed by atoms with van der Waals surface area (Å²) >= 11 is 0. The van der Waals surface area contributed by atoms with Crippen molar-refractivity contribution in [3.63, 3.8) is 0 Å². The van der Waals surface area contributed by atoms with Gasteiger partial charge in [0.05, 0.1) is 12.7 Å². The standard InChI is InChI=1S/C10H14O4.C4H6O2/c1-6(2)10(11)14-8-5-13-7-3-4-12-9(7)8;1-3(2)4(5)6/h7-9H,1,3-5H2,2H3;1H2,2H3,(H,5,6)/t7-,8?,9+;/m1./s1. The van der Waals surface area contributed by atoms with Crippen molar-refractivity contribution < 1.29 is 28.9 Å². The van der Waals surface area contributed by atoms with E-state index in [0.717, 1.165) is 6.42 Å². The molecule has 2 fully saturated rings. The summed E-state index contributed by atoms with van der Waals surface area (Å²) in [5, 5.41) is 7.89. The number of carbonyl (C=O) groups is 2. The Morgan fingerprint density at radius 2 is 1.80 bits per heavy atom. The smallest absolute Gasteiger partial charge is 0.333 e. The van der Waals surface area contributed by atoms with Crippen molar-refractivity contribution in [2.75, 3.05) is 13.2 Å². The molecule has 0 spiro atoms. The number of carbonyl (C=O) groups excluding carboxylic acids is 1. The fourth-order valence-corrected chi connectivity index (χ4v) is 1.77. The zero-order valence-electron chi connectivity index (χ0n) is 11.8. The number of hydrogen-bond acceptors (Lipinski definition) is 5. The molecule has 0 bridgehead atoms. The summed E-state index contributed by atoms with van der Waals surface area (Å²) in [6.07, 6.45) is 0.675. The van der Waals surface area contributed by atoms with E-state index in [1.165, 1.54) is 6.92 Å². The van der Waals surface area contributed by atoms with Crippen LogP contribution in [0.1, 0.15) is 20.3 Å². The second-order valence-corrected chi connectivity index (χ2v) is 4.81. The minimum Gasteiger partial charge on any atom is -0.478 e. The minimum absolute atomic E-state index is 0.0710. The first-order chi connectivity index (χ1) is 9.32. The number of carboxylic acid groups (broad SMARTS) is 1. The first-order valence-corrected chi connectivity index (χ1v) is 6.31. The molecule has 2 rings (SSSR count). The van der Waals surface area contributed by atoms with Crippen LogP contribution in [0, 0.1) is 0 Å². The summed E-state index contributed by atoms with van der Waals surface area (Å²) in [4.78, 5) is 20.9. The third kappa shape index (κ3) is 4.47. The average molecular weight is 284 g/mol. The Hall–Kier alpha value is -1.66. The molecule has 0 radical (unpaired) electrons. The first kappa shape index (κ1) is 16.4. The van der Waals surface area contributed by atoms with Crippen LogP contribution in [0.5, 0.6) is 0 Å². The van der Waals surface area contributed by atoms with E-state index in [9.17, 15) is 9.59 Å². The molecule has 0 saturated carbocycles. The molecule has 3 atom stereocenters. The quantitative estimate of drug-likeness (QED) is 0.621. The van der Waals surface area contributed by atoms with Gasteiger partial charge in [-0.25, -0.2) is 9.59 Å². The van der Waals surface area contributed by atoms with E-state index in [2.05, 4.69) is 13.2 Å². The van der Waals surface area contributed by atoms with Gasteiger partial charge in [0.15, 0.2) is 6.10 Å². The lowest BCUT2D eigenvalue weighted by molar-refractivity contribution is -0.148. The molecule has 2 heterocycles. The number of ether oxygens (including phenoxy) is 3. The monoisotopic (exact) mass is 284 g/mol. The van der Waals surface area contributed by atoms with E-state index in [1.54, 1.807) is 6.92 Å². The first-order valence-electron chi connectivity index (χ1n) is 6.31. The topological polar surface area (TPSA) is 82.1 Å². The summed E-state index contributed by atoms with van der Waals surface area (Å²) < 4.78 is 16.1. The van der Waals surface area contributed by atoms with E-state index in [-0.39, 0.29) is 29.9 Å². The number of fused-ring (bicyclic) bond motifs is 1. The summed E-state index contributed by atoms with van der Waals surface area (Å²) in [5.41, 5.74) is 0.585. The zero-order valence-corrected chi connectivity index (χ0v) is 11.8. The van der Waals surface area contributed by atoms with Gasteiger partial charge in [-0.3, -0.25) is 0 Å². The van der Waals surface area contributed by atoms with Crippen LogP contribution in [-0.2, 0) is 23.8 Å². The maximum absolute atomic E-state index is 11.3. The van der Waals surface area contributed by atoms with Crippen LogP contribution in [0.4, 0.5) is 0 Å². The fourth-order valence-electron chi connectivity index (χ4n) is 1.77. The number of rotatable bonds is 3. The molecule has 0 amide bonds. The van der Waals surface area contributed by atoms with Crippen molar-refractivity contribution in [1.82, 2.24) is 0 Å².